The van der Waals surface area contributed by atoms with E-state index in [1.165, 1.54) is 12.1 Å². The zero-order valence-electron chi connectivity index (χ0n) is 11.4. The van der Waals surface area contributed by atoms with Gasteiger partial charge in [-0.2, -0.15) is 0 Å². The number of sulfonamides is 1. The third kappa shape index (κ3) is 3.26. The zero-order chi connectivity index (χ0) is 15.8. The largest absolute Gasteiger partial charge is 0.398 e. The molecular weight excluding hydrogens is 331 g/mol. The van der Waals surface area contributed by atoms with Crippen LogP contribution < -0.4 is 10.5 Å². The van der Waals surface area contributed by atoms with Crippen LogP contribution in [0.4, 0.5) is 11.4 Å². The first-order valence-corrected chi connectivity index (χ1v) is 8.30. The lowest BCUT2D eigenvalue weighted by molar-refractivity contribution is 0.601. The quantitative estimate of drug-likeness (QED) is 0.826. The number of aryl methyl sites for hydroxylation is 2. The predicted molar refractivity (Wildman–Crippen MR) is 87.6 cm³/mol. The molecule has 4 nitrogen and oxygen atoms in total. The lowest BCUT2D eigenvalue weighted by Gasteiger charge is -2.14. The molecule has 0 fully saturated rings. The van der Waals surface area contributed by atoms with Crippen LogP contribution in [0.2, 0.25) is 10.0 Å². The summed E-state index contributed by atoms with van der Waals surface area (Å²) in [6, 6.07) is 7.98. The number of hydrogen-bond donors (Lipinski definition) is 2. The van der Waals surface area contributed by atoms with Crippen molar-refractivity contribution < 1.29 is 8.42 Å². The van der Waals surface area contributed by atoms with Gasteiger partial charge >= 0.3 is 0 Å². The smallest absolute Gasteiger partial charge is 0.264 e. The molecule has 0 amide bonds. The van der Waals surface area contributed by atoms with Crippen LogP contribution in [0.25, 0.3) is 0 Å². The molecule has 7 heteroatoms. The SMILES string of the molecule is Cc1cc(Cl)c(NS(=O)(=O)c2c(C)cccc2N)cc1Cl. The van der Waals surface area contributed by atoms with E-state index in [4.69, 9.17) is 28.9 Å². The van der Waals surface area contributed by atoms with Crippen molar-refractivity contribution in [2.45, 2.75) is 18.7 Å². The molecule has 0 unspecified atom stereocenters. The van der Waals surface area contributed by atoms with Gasteiger partial charge in [-0.1, -0.05) is 35.3 Å². The standard InChI is InChI=1S/C14H14Cl2N2O2S/c1-8-4-3-5-12(17)14(8)21(19,20)18-13-7-10(15)9(2)6-11(13)16/h3-7,18H,17H2,1-2H3. The summed E-state index contributed by atoms with van der Waals surface area (Å²) in [6.45, 7) is 3.46. The van der Waals surface area contributed by atoms with E-state index < -0.39 is 10.0 Å². The highest BCUT2D eigenvalue weighted by Gasteiger charge is 2.21. The molecule has 0 saturated carbocycles. The van der Waals surface area contributed by atoms with Crippen molar-refractivity contribution in [3.8, 4) is 0 Å². The fourth-order valence-electron chi connectivity index (χ4n) is 1.96. The average Bonchev–Trinajstić information content (AvgIpc) is 2.35. The van der Waals surface area contributed by atoms with Gasteiger partial charge in [-0.15, -0.1) is 0 Å². The van der Waals surface area contributed by atoms with Crippen LogP contribution >= 0.6 is 23.2 Å². The number of hydrogen-bond acceptors (Lipinski definition) is 3. The molecule has 0 radical (unpaired) electrons. The molecule has 0 aliphatic heterocycles. The molecule has 2 aromatic rings. The minimum absolute atomic E-state index is 0.0396. The summed E-state index contributed by atoms with van der Waals surface area (Å²) < 4.78 is 27.4. The van der Waals surface area contributed by atoms with Crippen LogP contribution in [-0.2, 0) is 10.0 Å². The van der Waals surface area contributed by atoms with Crippen molar-refractivity contribution in [2.75, 3.05) is 10.5 Å². The van der Waals surface area contributed by atoms with E-state index in [2.05, 4.69) is 4.72 Å². The highest BCUT2D eigenvalue weighted by molar-refractivity contribution is 7.93. The third-order valence-electron chi connectivity index (χ3n) is 3.00. The first-order valence-electron chi connectivity index (χ1n) is 6.06. The predicted octanol–water partition coefficient (Wildman–Crippen LogP) is 3.99. The Bertz CT molecular complexity index is 785. The molecule has 0 spiro atoms. The highest BCUT2D eigenvalue weighted by Crippen LogP contribution is 2.32. The summed E-state index contributed by atoms with van der Waals surface area (Å²) in [6.07, 6.45) is 0. The van der Waals surface area contributed by atoms with Crippen LogP contribution in [0.1, 0.15) is 11.1 Å². The summed E-state index contributed by atoms with van der Waals surface area (Å²) in [4.78, 5) is 0.0396. The molecule has 2 rings (SSSR count). The summed E-state index contributed by atoms with van der Waals surface area (Å²) in [5.74, 6) is 0. The minimum Gasteiger partial charge on any atom is -0.398 e. The first-order chi connectivity index (χ1) is 9.72. The Balaban J connectivity index is 2.50. The second kappa shape index (κ2) is 5.75. The summed E-state index contributed by atoms with van der Waals surface area (Å²) in [5.41, 5.74) is 7.49. The van der Waals surface area contributed by atoms with E-state index in [0.717, 1.165) is 5.56 Å². The Hall–Kier alpha value is -1.43. The number of rotatable bonds is 3. The van der Waals surface area contributed by atoms with Crippen molar-refractivity contribution in [3.05, 3.63) is 51.5 Å². The van der Waals surface area contributed by atoms with Crippen molar-refractivity contribution in [3.63, 3.8) is 0 Å². The lowest BCUT2D eigenvalue weighted by Crippen LogP contribution is -2.16. The van der Waals surface area contributed by atoms with Crippen molar-refractivity contribution in [1.29, 1.82) is 0 Å². The fraction of sp³-hybridized carbons (Fsp3) is 0.143. The molecule has 3 N–H and O–H groups in total. The van der Waals surface area contributed by atoms with E-state index in [1.807, 2.05) is 0 Å². The van der Waals surface area contributed by atoms with E-state index in [1.54, 1.807) is 32.0 Å². The molecule has 0 saturated heterocycles. The number of nitrogen functional groups attached to an aromatic ring is 1. The molecule has 0 bridgehead atoms. The number of halogens is 2. The van der Waals surface area contributed by atoms with Gasteiger partial charge in [0.05, 0.1) is 16.4 Å². The molecule has 0 aliphatic carbocycles. The van der Waals surface area contributed by atoms with Crippen LogP contribution in [0, 0.1) is 13.8 Å². The Kier molecular flexibility index (Phi) is 4.37. The van der Waals surface area contributed by atoms with Gasteiger partial charge in [0.1, 0.15) is 4.90 Å². The maximum Gasteiger partial charge on any atom is 0.264 e. The van der Waals surface area contributed by atoms with E-state index >= 15 is 0 Å². The van der Waals surface area contributed by atoms with Gasteiger partial charge in [0, 0.05) is 5.02 Å². The second-order valence-electron chi connectivity index (χ2n) is 4.68. The van der Waals surface area contributed by atoms with Gasteiger partial charge in [0.25, 0.3) is 10.0 Å². The van der Waals surface area contributed by atoms with E-state index in [0.29, 0.717) is 10.6 Å². The zero-order valence-corrected chi connectivity index (χ0v) is 13.8. The summed E-state index contributed by atoms with van der Waals surface area (Å²) in [7, 11) is -3.84. The third-order valence-corrected chi connectivity index (χ3v) is 5.31. The van der Waals surface area contributed by atoms with E-state index in [9.17, 15) is 8.42 Å². The lowest BCUT2D eigenvalue weighted by atomic mass is 10.2. The maximum absolute atomic E-state index is 12.5. The van der Waals surface area contributed by atoms with Gasteiger partial charge in [-0.25, -0.2) is 8.42 Å². The van der Waals surface area contributed by atoms with Gasteiger partial charge in [0.15, 0.2) is 0 Å². The first kappa shape index (κ1) is 15.9. The van der Waals surface area contributed by atoms with Gasteiger partial charge < -0.3 is 5.73 Å². The number of benzene rings is 2. The molecule has 0 aliphatic rings. The normalized spacial score (nSPS) is 11.4. The fourth-order valence-corrected chi connectivity index (χ4v) is 3.88. The maximum atomic E-state index is 12.5. The molecule has 2 aromatic carbocycles. The Labute approximate surface area is 133 Å². The number of anilines is 2. The molecule has 0 heterocycles. The van der Waals surface area contributed by atoms with Crippen LogP contribution in [0.5, 0.6) is 0 Å². The van der Waals surface area contributed by atoms with Crippen LogP contribution in [0.15, 0.2) is 35.2 Å². The molecule has 0 atom stereocenters. The number of nitrogens with one attached hydrogen (secondary N) is 1. The number of nitrogens with two attached hydrogens (primary N) is 1. The van der Waals surface area contributed by atoms with Crippen LogP contribution in [-0.4, -0.2) is 8.42 Å². The highest BCUT2D eigenvalue weighted by atomic mass is 35.5. The van der Waals surface area contributed by atoms with Gasteiger partial charge in [0.2, 0.25) is 0 Å². The molecule has 112 valence electrons. The molecule has 21 heavy (non-hydrogen) atoms. The molecular formula is C14H14Cl2N2O2S. The Morgan fingerprint density at radius 2 is 1.71 bits per heavy atom. The molecule has 0 aromatic heterocycles. The second-order valence-corrected chi connectivity index (χ2v) is 7.11. The average molecular weight is 345 g/mol. The van der Waals surface area contributed by atoms with Gasteiger partial charge in [-0.05, 0) is 43.2 Å². The van der Waals surface area contributed by atoms with Gasteiger partial charge in [-0.3, -0.25) is 4.72 Å². The Morgan fingerprint density at radius 1 is 1.05 bits per heavy atom. The summed E-state index contributed by atoms with van der Waals surface area (Å²) >= 11 is 12.1. The monoisotopic (exact) mass is 344 g/mol. The topological polar surface area (TPSA) is 72.2 Å². The Morgan fingerprint density at radius 3 is 2.33 bits per heavy atom. The van der Waals surface area contributed by atoms with Crippen molar-refractivity contribution in [2.24, 2.45) is 0 Å². The van der Waals surface area contributed by atoms with E-state index in [-0.39, 0.29) is 21.3 Å². The van der Waals surface area contributed by atoms with Crippen molar-refractivity contribution in [1.82, 2.24) is 0 Å². The van der Waals surface area contributed by atoms with Crippen LogP contribution in [0.3, 0.4) is 0 Å². The van der Waals surface area contributed by atoms with Crippen molar-refractivity contribution >= 4 is 44.6 Å². The summed E-state index contributed by atoms with van der Waals surface area (Å²) in [5, 5.41) is 0.697. The minimum atomic E-state index is -3.84.